The zero-order chi connectivity index (χ0) is 25.6. The van der Waals surface area contributed by atoms with Gasteiger partial charge in [-0.1, -0.05) is 48.6 Å². The number of esters is 1. The van der Waals surface area contributed by atoms with Gasteiger partial charge in [0, 0.05) is 29.9 Å². The Morgan fingerprint density at radius 3 is 2.62 bits per heavy atom. The molecule has 7 rings (SSSR count). The molecular formula is C28H30N5O4+. The number of quaternary nitrogens is 1. The van der Waals surface area contributed by atoms with Crippen molar-refractivity contribution in [1.82, 2.24) is 15.0 Å². The lowest BCUT2D eigenvalue weighted by Crippen LogP contribution is -2.68. The van der Waals surface area contributed by atoms with Gasteiger partial charge in [0.1, 0.15) is 19.2 Å². The number of allylic oxidation sites excluding steroid dienone is 3. The fourth-order valence-electron chi connectivity index (χ4n) is 6.65. The smallest absolute Gasteiger partial charge is 0.348 e. The highest BCUT2D eigenvalue weighted by Gasteiger charge is 2.56. The third kappa shape index (κ3) is 3.81. The van der Waals surface area contributed by atoms with Crippen LogP contribution in [0, 0.1) is 5.92 Å². The van der Waals surface area contributed by atoms with Gasteiger partial charge in [-0.25, -0.2) is 19.7 Å². The van der Waals surface area contributed by atoms with Crippen molar-refractivity contribution in [3.63, 3.8) is 0 Å². The molecule has 2 unspecified atom stereocenters. The van der Waals surface area contributed by atoms with E-state index in [1.807, 2.05) is 42.5 Å². The van der Waals surface area contributed by atoms with Gasteiger partial charge in [0.25, 0.3) is 5.91 Å². The number of aliphatic hydroxyl groups is 1. The molecule has 3 N–H and O–H groups in total. The summed E-state index contributed by atoms with van der Waals surface area (Å²) in [5, 5.41) is 12.2. The Hall–Kier alpha value is -3.69. The first-order valence-electron chi connectivity index (χ1n) is 12.8. The summed E-state index contributed by atoms with van der Waals surface area (Å²) in [7, 11) is 0. The van der Waals surface area contributed by atoms with Crippen molar-refractivity contribution in [2.24, 2.45) is 11.7 Å². The van der Waals surface area contributed by atoms with Crippen LogP contribution in [0.3, 0.4) is 0 Å². The summed E-state index contributed by atoms with van der Waals surface area (Å²) >= 11 is 0. The first-order chi connectivity index (χ1) is 17.9. The Bertz CT molecular complexity index is 1330. The van der Waals surface area contributed by atoms with E-state index in [0.717, 1.165) is 36.8 Å². The summed E-state index contributed by atoms with van der Waals surface area (Å²) in [4.78, 5) is 39.0. The molecule has 0 spiro atoms. The lowest BCUT2D eigenvalue weighted by atomic mass is 9.79. The minimum absolute atomic E-state index is 0.147. The van der Waals surface area contributed by atoms with E-state index in [1.165, 1.54) is 12.7 Å². The second kappa shape index (κ2) is 9.00. The molecule has 2 aromatic rings. The molecule has 5 aliphatic rings. The molecule has 37 heavy (non-hydrogen) atoms. The van der Waals surface area contributed by atoms with Crippen molar-refractivity contribution in [1.29, 1.82) is 0 Å². The van der Waals surface area contributed by atoms with Crippen LogP contribution in [0.4, 0.5) is 0 Å². The SMILES string of the molecule is NC(=O)C(c1ncncn1)[N+]12CCC(CC1)[C@@H](OC(=O)C1(O)C3=C(C=Cc4ccccc41)CCC=C3)C2. The predicted molar refractivity (Wildman–Crippen MR) is 134 cm³/mol. The molecule has 3 saturated heterocycles. The molecule has 1 amide bonds. The fraction of sp³-hybridized carbons (Fsp3) is 0.393. The number of carbonyl (C=O) groups is 2. The normalized spacial score (nSPS) is 30.7. The lowest BCUT2D eigenvalue weighted by Gasteiger charge is -2.54. The van der Waals surface area contributed by atoms with Crippen LogP contribution in [0.15, 0.2) is 66.3 Å². The number of nitrogens with two attached hydrogens (primary N) is 1. The summed E-state index contributed by atoms with van der Waals surface area (Å²) in [6.45, 7) is 1.84. The summed E-state index contributed by atoms with van der Waals surface area (Å²) in [6.07, 6.45) is 13.2. The predicted octanol–water partition coefficient (Wildman–Crippen LogP) is 2.11. The summed E-state index contributed by atoms with van der Waals surface area (Å²) in [5.41, 5.74) is 6.74. The minimum Gasteiger partial charge on any atom is -0.453 e. The van der Waals surface area contributed by atoms with Crippen molar-refractivity contribution in [3.8, 4) is 0 Å². The molecule has 9 nitrogen and oxygen atoms in total. The molecule has 190 valence electrons. The topological polar surface area (TPSA) is 128 Å². The molecule has 3 atom stereocenters. The van der Waals surface area contributed by atoms with Crippen molar-refractivity contribution < 1.29 is 23.9 Å². The number of carbonyl (C=O) groups excluding carboxylic acids is 2. The molecule has 0 saturated carbocycles. The van der Waals surface area contributed by atoms with Gasteiger partial charge in [-0.05, 0) is 24.0 Å². The number of rotatable bonds is 5. The monoisotopic (exact) mass is 500 g/mol. The van der Waals surface area contributed by atoms with E-state index in [4.69, 9.17) is 10.5 Å². The number of nitrogens with zero attached hydrogens (tertiary/aromatic N) is 4. The number of fused-ring (bicyclic) bond motifs is 4. The first-order valence-corrected chi connectivity index (χ1v) is 12.8. The van der Waals surface area contributed by atoms with E-state index in [9.17, 15) is 14.7 Å². The number of hydrogen-bond acceptors (Lipinski definition) is 7. The third-order valence-corrected chi connectivity index (χ3v) is 8.50. The molecule has 0 radical (unpaired) electrons. The van der Waals surface area contributed by atoms with E-state index < -0.39 is 29.6 Å². The van der Waals surface area contributed by atoms with Crippen molar-refractivity contribution in [3.05, 3.63) is 83.2 Å². The van der Waals surface area contributed by atoms with Gasteiger partial charge in [0.15, 0.2) is 11.9 Å². The maximum absolute atomic E-state index is 14.0. The zero-order valence-electron chi connectivity index (χ0n) is 20.5. The minimum atomic E-state index is -1.93. The number of amides is 1. The number of primary amides is 1. The molecule has 9 heteroatoms. The van der Waals surface area contributed by atoms with Crippen LogP contribution in [-0.2, 0) is 19.9 Å². The number of benzene rings is 1. The van der Waals surface area contributed by atoms with Crippen LogP contribution in [-0.4, -0.2) is 62.2 Å². The maximum Gasteiger partial charge on any atom is 0.348 e. The molecule has 4 heterocycles. The van der Waals surface area contributed by atoms with Crippen LogP contribution in [0.2, 0.25) is 0 Å². The zero-order valence-corrected chi connectivity index (χ0v) is 20.5. The molecule has 2 aliphatic carbocycles. The Morgan fingerprint density at radius 1 is 1.11 bits per heavy atom. The molecule has 1 aromatic heterocycles. The molecule has 1 aromatic carbocycles. The van der Waals surface area contributed by atoms with Crippen LogP contribution in [0.5, 0.6) is 0 Å². The van der Waals surface area contributed by atoms with E-state index in [0.29, 0.717) is 41.1 Å². The standard InChI is InChI=1S/C28H29N5O4/c29-25(34)24(26-31-16-30-17-32-26)33-13-11-20(12-14-33)23(15-33)37-27(35)28(36)21-7-3-1-5-18(21)9-10-19-6-2-4-8-22(19)28/h1,3-5,7-10,16-17,20,23-24,36H,2,6,11-15H2,(H-,29,34)/p+1/t20?,23-,24?,28?,33?/m0/s1. The van der Waals surface area contributed by atoms with E-state index in [2.05, 4.69) is 15.0 Å². The van der Waals surface area contributed by atoms with E-state index in [1.54, 1.807) is 6.07 Å². The highest BCUT2D eigenvalue weighted by molar-refractivity contribution is 5.89. The second-order valence-corrected chi connectivity index (χ2v) is 10.4. The quantitative estimate of drug-likeness (QED) is 0.475. The molecule has 2 bridgehead atoms. The summed E-state index contributed by atoms with van der Waals surface area (Å²) in [5.74, 6) is -0.719. The van der Waals surface area contributed by atoms with Gasteiger partial charge >= 0.3 is 5.97 Å². The number of ether oxygens (including phenoxy) is 1. The number of aromatic nitrogens is 3. The number of hydrogen-bond donors (Lipinski definition) is 2. The third-order valence-electron chi connectivity index (χ3n) is 8.50. The first kappa shape index (κ1) is 23.7. The van der Waals surface area contributed by atoms with E-state index >= 15 is 0 Å². The van der Waals surface area contributed by atoms with Crippen LogP contribution in [0.1, 0.15) is 48.7 Å². The second-order valence-electron chi connectivity index (χ2n) is 10.4. The Morgan fingerprint density at radius 2 is 1.86 bits per heavy atom. The fourth-order valence-corrected chi connectivity index (χ4v) is 6.65. The highest BCUT2D eigenvalue weighted by Crippen LogP contribution is 2.45. The van der Waals surface area contributed by atoms with Crippen molar-refractivity contribution >= 4 is 18.0 Å². The lowest BCUT2D eigenvalue weighted by molar-refractivity contribution is -0.965. The molecule has 3 fully saturated rings. The Labute approximate surface area is 215 Å². The van der Waals surface area contributed by atoms with Crippen molar-refractivity contribution in [2.45, 2.75) is 43.4 Å². The van der Waals surface area contributed by atoms with Gasteiger partial charge in [0.2, 0.25) is 11.6 Å². The van der Waals surface area contributed by atoms with Gasteiger partial charge in [-0.2, -0.15) is 0 Å². The average molecular weight is 501 g/mol. The summed E-state index contributed by atoms with van der Waals surface area (Å²) in [6, 6.07) is 6.64. The van der Waals surface area contributed by atoms with Crippen LogP contribution < -0.4 is 5.73 Å². The van der Waals surface area contributed by atoms with Crippen LogP contribution >= 0.6 is 0 Å². The Kier molecular flexibility index (Phi) is 5.77. The molecule has 3 aliphatic heterocycles. The van der Waals surface area contributed by atoms with Gasteiger partial charge < -0.3 is 20.1 Å². The average Bonchev–Trinajstić information content (AvgIpc) is 3.05. The maximum atomic E-state index is 14.0. The highest BCUT2D eigenvalue weighted by atomic mass is 16.6. The summed E-state index contributed by atoms with van der Waals surface area (Å²) < 4.78 is 6.55. The van der Waals surface area contributed by atoms with Crippen LogP contribution in [0.25, 0.3) is 6.08 Å². The van der Waals surface area contributed by atoms with E-state index in [-0.39, 0.29) is 5.92 Å². The van der Waals surface area contributed by atoms with Gasteiger partial charge in [0.05, 0.1) is 13.1 Å². The van der Waals surface area contributed by atoms with Gasteiger partial charge in [-0.3, -0.25) is 4.79 Å². The van der Waals surface area contributed by atoms with Gasteiger partial charge in [-0.15, -0.1) is 0 Å². The largest absolute Gasteiger partial charge is 0.453 e. The van der Waals surface area contributed by atoms with Crippen molar-refractivity contribution in [2.75, 3.05) is 19.6 Å². The Balaban J connectivity index is 1.34. The molecular weight excluding hydrogens is 470 g/mol. The number of piperidine rings is 3.